The van der Waals surface area contributed by atoms with Gasteiger partial charge in [0.2, 0.25) is 0 Å². The highest BCUT2D eigenvalue weighted by molar-refractivity contribution is 7.11. The number of thiazole rings is 1. The number of amides is 1. The van der Waals surface area contributed by atoms with Crippen LogP contribution in [0.5, 0.6) is 0 Å². The number of aromatic nitrogens is 1. The topological polar surface area (TPSA) is 124 Å². The van der Waals surface area contributed by atoms with Crippen LogP contribution in [0.2, 0.25) is 5.02 Å². The minimum absolute atomic E-state index is 0.0802. The van der Waals surface area contributed by atoms with E-state index in [-0.39, 0.29) is 56.3 Å². The van der Waals surface area contributed by atoms with Crippen molar-refractivity contribution in [3.8, 4) is 0 Å². The number of aliphatic carboxylic acids is 1. The van der Waals surface area contributed by atoms with Crippen molar-refractivity contribution >= 4 is 46.6 Å². The molecule has 1 amide bonds. The van der Waals surface area contributed by atoms with E-state index in [4.69, 9.17) is 21.3 Å². The van der Waals surface area contributed by atoms with Gasteiger partial charge in [0.15, 0.2) is 16.5 Å². The number of carboxylic acids is 1. The number of rotatable bonds is 9. The Hall–Kier alpha value is -3.42. The van der Waals surface area contributed by atoms with Crippen molar-refractivity contribution in [3.05, 3.63) is 62.5 Å². The number of nitrogens with zero attached hydrogens (tertiary/aromatic N) is 4. The van der Waals surface area contributed by atoms with Gasteiger partial charge in [0.25, 0.3) is 5.91 Å². The average molecular weight is 636 g/mol. The Morgan fingerprint density at radius 2 is 2.09 bits per heavy atom. The number of fused-ring (bicyclic) bond motifs is 1. The number of amidine groups is 1. The van der Waals surface area contributed by atoms with Gasteiger partial charge in [-0.05, 0) is 32.9 Å². The van der Waals surface area contributed by atoms with Crippen LogP contribution >= 0.6 is 22.9 Å². The maximum atomic E-state index is 16.1. The Kier molecular flexibility index (Phi) is 8.61. The maximum Gasteiger partial charge on any atom is 0.338 e. The molecule has 1 aromatic heterocycles. The van der Waals surface area contributed by atoms with Crippen molar-refractivity contribution in [1.29, 1.82) is 0 Å². The first-order valence-electron chi connectivity index (χ1n) is 13.9. The summed E-state index contributed by atoms with van der Waals surface area (Å²) >= 11 is 7.78. The number of carbonyl (C=O) groups excluding carboxylic acids is 2. The molecule has 230 valence electrons. The zero-order valence-electron chi connectivity index (χ0n) is 23.9. The number of carbonyl (C=O) groups is 3. The second-order valence-electron chi connectivity index (χ2n) is 11.5. The number of piperidine rings is 1. The number of nitrogens with one attached hydrogen (secondary N) is 1. The van der Waals surface area contributed by atoms with Gasteiger partial charge in [0.05, 0.1) is 17.6 Å². The highest BCUT2D eigenvalue weighted by atomic mass is 35.5. The average Bonchev–Trinajstić information content (AvgIpc) is 3.56. The van der Waals surface area contributed by atoms with Crippen LogP contribution in [0.15, 0.2) is 46.0 Å². The molecule has 0 bridgehead atoms. The zero-order valence-corrected chi connectivity index (χ0v) is 25.5. The number of benzene rings is 1. The molecule has 3 atom stereocenters. The lowest BCUT2D eigenvalue weighted by Crippen LogP contribution is -2.52. The summed E-state index contributed by atoms with van der Waals surface area (Å²) in [7, 11) is 0. The molecule has 2 fully saturated rings. The molecule has 43 heavy (non-hydrogen) atoms. The molecule has 2 aromatic rings. The molecule has 14 heteroatoms. The summed E-state index contributed by atoms with van der Waals surface area (Å²) in [6.07, 6.45) is 1.54. The van der Waals surface area contributed by atoms with Gasteiger partial charge in [0, 0.05) is 72.9 Å². The van der Waals surface area contributed by atoms with E-state index in [0.717, 1.165) is 6.07 Å². The number of alkyl halides is 1. The Labute approximate surface area is 256 Å². The fourth-order valence-electron chi connectivity index (χ4n) is 5.78. The molecular formula is C29H32ClF2N5O5S. The van der Waals surface area contributed by atoms with Gasteiger partial charge in [-0.3, -0.25) is 19.5 Å². The third-order valence-electron chi connectivity index (χ3n) is 8.06. The van der Waals surface area contributed by atoms with Gasteiger partial charge >= 0.3 is 11.9 Å². The number of carboxylic acid groups (broad SMARTS) is 1. The van der Waals surface area contributed by atoms with Crippen molar-refractivity contribution in [2.45, 2.75) is 38.9 Å². The minimum atomic E-state index is -2.10. The minimum Gasteiger partial charge on any atom is -0.481 e. The molecule has 0 spiro atoms. The molecule has 3 aliphatic heterocycles. The predicted molar refractivity (Wildman–Crippen MR) is 156 cm³/mol. The standard InChI is InChI=1S/C29H32ClF2N5O5S/c1-4-42-25(38)21-20(34-23(24-33-8-10-43-24)35-22(21)18-6-5-17(31)11-19(18)30)14-36-9-7-29(32)16(12-36)13-37(26(29)39)15-28(2,3)27(40)41/h5-6,8,10-11,16,22H,4,7,9,12-15H2,1-3H3,(H,34,35)(H,40,41)/t16-,22-,29+/m0/s1. The van der Waals surface area contributed by atoms with Crippen LogP contribution in [-0.4, -0.2) is 88.6 Å². The second kappa shape index (κ2) is 11.9. The van der Waals surface area contributed by atoms with Crippen LogP contribution in [0.4, 0.5) is 8.78 Å². The van der Waals surface area contributed by atoms with E-state index >= 15 is 4.39 Å². The summed E-state index contributed by atoms with van der Waals surface area (Å²) in [5.41, 5.74) is -2.30. The molecule has 0 aliphatic carbocycles. The Morgan fingerprint density at radius 1 is 1.33 bits per heavy atom. The normalized spacial score (nSPS) is 24.5. The highest BCUT2D eigenvalue weighted by Crippen LogP contribution is 2.42. The molecular weight excluding hydrogens is 604 g/mol. The summed E-state index contributed by atoms with van der Waals surface area (Å²) in [4.78, 5) is 50.5. The molecule has 0 unspecified atom stereocenters. The molecule has 0 radical (unpaired) electrons. The zero-order chi connectivity index (χ0) is 31.1. The molecule has 2 saturated heterocycles. The number of aliphatic imine (C=N–C) groups is 1. The van der Waals surface area contributed by atoms with Crippen LogP contribution < -0.4 is 5.32 Å². The summed E-state index contributed by atoms with van der Waals surface area (Å²) in [6, 6.07) is 2.93. The lowest BCUT2D eigenvalue weighted by Gasteiger charge is -2.38. The van der Waals surface area contributed by atoms with Gasteiger partial charge in [-0.25, -0.2) is 18.6 Å². The van der Waals surface area contributed by atoms with Crippen LogP contribution in [0.25, 0.3) is 0 Å². The van der Waals surface area contributed by atoms with E-state index < -0.39 is 46.7 Å². The third-order valence-corrected chi connectivity index (χ3v) is 9.17. The predicted octanol–water partition coefficient (Wildman–Crippen LogP) is 3.83. The Balaban J connectivity index is 1.47. The third kappa shape index (κ3) is 6.02. The van der Waals surface area contributed by atoms with Gasteiger partial charge in [-0.2, -0.15) is 0 Å². The maximum absolute atomic E-state index is 16.1. The largest absolute Gasteiger partial charge is 0.481 e. The van der Waals surface area contributed by atoms with Gasteiger partial charge in [-0.1, -0.05) is 17.7 Å². The number of hydrogen-bond acceptors (Lipinski definition) is 9. The van der Waals surface area contributed by atoms with E-state index in [9.17, 15) is 23.9 Å². The van der Waals surface area contributed by atoms with E-state index in [1.54, 1.807) is 18.5 Å². The molecule has 3 aliphatic rings. The number of hydrogen-bond donors (Lipinski definition) is 2. The van der Waals surface area contributed by atoms with Gasteiger partial charge in [0.1, 0.15) is 11.9 Å². The number of likely N-dealkylation sites (tertiary alicyclic amines) is 2. The van der Waals surface area contributed by atoms with Crippen LogP contribution in [0.3, 0.4) is 0 Å². The van der Waals surface area contributed by atoms with E-state index in [0.29, 0.717) is 22.1 Å². The summed E-state index contributed by atoms with van der Waals surface area (Å²) in [5.74, 6) is -3.23. The summed E-state index contributed by atoms with van der Waals surface area (Å²) in [6.45, 7) is 5.34. The fourth-order valence-corrected chi connectivity index (χ4v) is 6.64. The molecule has 4 heterocycles. The Morgan fingerprint density at radius 3 is 2.74 bits per heavy atom. The quantitative estimate of drug-likeness (QED) is 0.399. The number of ether oxygens (including phenoxy) is 1. The Bertz CT molecular complexity index is 1500. The van der Waals surface area contributed by atoms with Crippen molar-refractivity contribution in [1.82, 2.24) is 20.1 Å². The molecule has 5 rings (SSSR count). The van der Waals surface area contributed by atoms with Crippen molar-refractivity contribution in [3.63, 3.8) is 0 Å². The second-order valence-corrected chi connectivity index (χ2v) is 12.8. The summed E-state index contributed by atoms with van der Waals surface area (Å²) < 4.78 is 35.5. The monoisotopic (exact) mass is 635 g/mol. The van der Waals surface area contributed by atoms with Gasteiger partial charge in [-0.15, -0.1) is 11.3 Å². The highest BCUT2D eigenvalue weighted by Gasteiger charge is 2.58. The SMILES string of the molecule is CCOC(=O)C1=C(CN2CC[C@]3(F)C(=O)N(CC(C)(C)C(=O)O)C[C@@H]3C2)NC(c2nccs2)=N[C@H]1c1ccc(F)cc1Cl. The van der Waals surface area contributed by atoms with E-state index in [2.05, 4.69) is 10.3 Å². The molecule has 10 nitrogen and oxygen atoms in total. The fraction of sp³-hybridized carbons (Fsp3) is 0.483. The van der Waals surface area contributed by atoms with Gasteiger partial charge < -0.3 is 20.1 Å². The number of halogens is 3. The van der Waals surface area contributed by atoms with E-state index in [1.165, 1.54) is 42.2 Å². The summed E-state index contributed by atoms with van der Waals surface area (Å²) in [5, 5.41) is 15.2. The van der Waals surface area contributed by atoms with Crippen molar-refractivity contribution in [2.24, 2.45) is 16.3 Å². The first kappa shape index (κ1) is 31.0. The van der Waals surface area contributed by atoms with Crippen LogP contribution in [-0.2, 0) is 19.1 Å². The first-order valence-corrected chi connectivity index (χ1v) is 15.1. The smallest absolute Gasteiger partial charge is 0.338 e. The first-order chi connectivity index (χ1) is 20.3. The lowest BCUT2D eigenvalue weighted by molar-refractivity contribution is -0.150. The molecule has 2 N–H and O–H groups in total. The van der Waals surface area contributed by atoms with Crippen molar-refractivity contribution in [2.75, 3.05) is 39.3 Å². The lowest BCUT2D eigenvalue weighted by atomic mass is 9.84. The van der Waals surface area contributed by atoms with Crippen LogP contribution in [0, 0.1) is 17.2 Å². The molecule has 0 saturated carbocycles. The molecule has 1 aromatic carbocycles. The number of esters is 1. The van der Waals surface area contributed by atoms with E-state index in [1.807, 2.05) is 4.90 Å². The van der Waals surface area contributed by atoms with Crippen molar-refractivity contribution < 1.29 is 33.0 Å². The van der Waals surface area contributed by atoms with Crippen LogP contribution in [0.1, 0.15) is 43.8 Å².